The first-order valence-electron chi connectivity index (χ1n) is 17.5. The number of aliphatic hydroxyl groups is 2. The highest BCUT2D eigenvalue weighted by atomic mass is 32.1. The van der Waals surface area contributed by atoms with Gasteiger partial charge < -0.3 is 63.7 Å². The number of H-pyrrole nitrogens is 1. The quantitative estimate of drug-likeness (QED) is 0.0480. The van der Waals surface area contributed by atoms with Crippen molar-refractivity contribution >= 4 is 83.5 Å². The second kappa shape index (κ2) is 22.6. The molecule has 0 fully saturated rings. The van der Waals surface area contributed by atoms with Crippen LogP contribution in [0.4, 0.5) is 0 Å². The molecule has 0 radical (unpaired) electrons. The zero-order valence-electron chi connectivity index (χ0n) is 31.0. The number of aromatic nitrogens is 1. The molecule has 0 unspecified atom stereocenters. The molecule has 20 nitrogen and oxygen atoms in total. The molecule has 1 aromatic carbocycles. The van der Waals surface area contributed by atoms with E-state index in [1.807, 2.05) is 0 Å². The highest BCUT2D eigenvalue weighted by Gasteiger charge is 2.36. The van der Waals surface area contributed by atoms with Gasteiger partial charge in [-0.25, -0.2) is 0 Å². The Morgan fingerprint density at radius 2 is 1.27 bits per heavy atom. The second-order valence-electron chi connectivity index (χ2n) is 13.4. The lowest BCUT2D eigenvalue weighted by Crippen LogP contribution is -2.62. The van der Waals surface area contributed by atoms with E-state index in [1.165, 1.54) is 0 Å². The lowest BCUT2D eigenvalue weighted by Gasteiger charge is -2.28. The third-order valence-corrected chi connectivity index (χ3v) is 9.10. The number of carboxylic acid groups (broad SMARTS) is 1. The van der Waals surface area contributed by atoms with E-state index in [2.05, 4.69) is 62.1 Å². The summed E-state index contributed by atoms with van der Waals surface area (Å²) in [6, 6.07) is -3.22. The van der Waals surface area contributed by atoms with Crippen molar-refractivity contribution in [2.75, 3.05) is 18.1 Å². The van der Waals surface area contributed by atoms with Crippen molar-refractivity contribution in [3.63, 3.8) is 0 Å². The minimum absolute atomic E-state index is 0.0520. The maximum absolute atomic E-state index is 13.5. The van der Waals surface area contributed by atoms with E-state index in [1.54, 1.807) is 44.3 Å². The van der Waals surface area contributed by atoms with Gasteiger partial charge in [0.15, 0.2) is 0 Å². The fourth-order valence-corrected chi connectivity index (χ4v) is 5.75. The number of carbonyl (C=O) groups is 8. The Bertz CT molecular complexity index is 1720. The maximum atomic E-state index is 13.5. The highest BCUT2D eigenvalue weighted by Crippen LogP contribution is 2.19. The number of fused-ring (bicyclic) bond motifs is 1. The van der Waals surface area contributed by atoms with Gasteiger partial charge >= 0.3 is 5.97 Å². The molecule has 56 heavy (non-hydrogen) atoms. The summed E-state index contributed by atoms with van der Waals surface area (Å²) in [5.74, 6) is -8.84. The first-order valence-corrected chi connectivity index (χ1v) is 18.7. The number of thiol groups is 2. The van der Waals surface area contributed by atoms with Gasteiger partial charge in [-0.05, 0) is 30.9 Å². The Hall–Kier alpha value is -4.90. The van der Waals surface area contributed by atoms with Gasteiger partial charge in [0, 0.05) is 35.0 Å². The van der Waals surface area contributed by atoms with E-state index >= 15 is 0 Å². The van der Waals surface area contributed by atoms with E-state index in [0.29, 0.717) is 5.56 Å². The normalized spacial score (nSPS) is 15.5. The van der Waals surface area contributed by atoms with Crippen molar-refractivity contribution in [1.82, 2.24) is 36.9 Å². The first kappa shape index (κ1) is 47.3. The standard InChI is InChI=1S/C34H51N9O11S2/c1-15(2)8-21(30(50)42-25(14-56)28(36)48)40-34(54)27(16(3)45)43-32(52)23(10-26(46)47)39-33(53)24(12-44)41-31(51)22(38-29(49)19(35)13-55)9-17-11-37-20-7-5-4-6-18(17)20/h4-7,11,15-16,19,21-25,27,37,44-45,55-56H,8-10,12-14,35H2,1-3H3,(H2,36,48)(H,38,49)(H,39,53)(H,40,54)(H,41,51)(H,42,50)(H,43,52)(H,46,47)/t16-,19+,21+,22+,23+,24+,25+,27+/m1/s1. The minimum atomic E-state index is -1.92. The van der Waals surface area contributed by atoms with Crippen LogP contribution in [0.15, 0.2) is 30.5 Å². The molecule has 0 aliphatic carbocycles. The van der Waals surface area contributed by atoms with Crippen molar-refractivity contribution in [1.29, 1.82) is 0 Å². The van der Waals surface area contributed by atoms with Crippen LogP contribution in [0.2, 0.25) is 0 Å². The molecule has 0 saturated heterocycles. The van der Waals surface area contributed by atoms with Crippen LogP contribution in [0.1, 0.15) is 39.2 Å². The zero-order chi connectivity index (χ0) is 42.3. The molecule has 0 saturated carbocycles. The van der Waals surface area contributed by atoms with Gasteiger partial charge in [-0.3, -0.25) is 38.4 Å². The number of nitrogens with one attached hydrogen (secondary N) is 7. The molecule has 0 aliphatic rings. The van der Waals surface area contributed by atoms with Crippen LogP contribution in [0.3, 0.4) is 0 Å². The van der Waals surface area contributed by atoms with Gasteiger partial charge in [0.1, 0.15) is 36.3 Å². The number of amides is 7. The number of hydrogen-bond donors (Lipinski definition) is 14. The molecule has 22 heteroatoms. The number of rotatable bonds is 23. The SMILES string of the molecule is CC(C)C[C@H](NC(=O)[C@@H](NC(=O)[C@H](CC(=O)O)NC(=O)[C@H](CO)NC(=O)[C@H](Cc1c[nH]c2ccccc12)NC(=O)[C@@H](N)CS)[C@@H](C)O)C(=O)N[C@@H](CS)C(N)=O. The third kappa shape index (κ3) is 14.3. The summed E-state index contributed by atoms with van der Waals surface area (Å²) in [4.78, 5) is 106. The Balaban J connectivity index is 2.27. The summed E-state index contributed by atoms with van der Waals surface area (Å²) in [5.41, 5.74) is 12.4. The molecule has 2 aromatic rings. The number of hydrogen-bond acceptors (Lipinski definition) is 13. The van der Waals surface area contributed by atoms with Crippen LogP contribution in [0.5, 0.6) is 0 Å². The highest BCUT2D eigenvalue weighted by molar-refractivity contribution is 7.80. The Morgan fingerprint density at radius 3 is 1.82 bits per heavy atom. The Kier molecular flexibility index (Phi) is 19.1. The zero-order valence-corrected chi connectivity index (χ0v) is 32.8. The summed E-state index contributed by atoms with van der Waals surface area (Å²) in [5, 5.41) is 44.7. The van der Waals surface area contributed by atoms with Crippen LogP contribution in [-0.4, -0.2) is 134 Å². The van der Waals surface area contributed by atoms with Crippen molar-refractivity contribution in [2.45, 2.75) is 88.4 Å². The number of aliphatic hydroxyl groups excluding tert-OH is 2. The summed E-state index contributed by atoms with van der Waals surface area (Å²) >= 11 is 7.99. The molecule has 8 atom stereocenters. The van der Waals surface area contributed by atoms with Crippen molar-refractivity contribution in [2.24, 2.45) is 17.4 Å². The number of aliphatic carboxylic acids is 1. The number of primary amides is 1. The van der Waals surface area contributed by atoms with Gasteiger partial charge in [-0.2, -0.15) is 25.3 Å². The van der Waals surface area contributed by atoms with Gasteiger partial charge in [-0.1, -0.05) is 32.0 Å². The van der Waals surface area contributed by atoms with E-state index < -0.39 is 109 Å². The molecule has 7 amide bonds. The number of nitrogens with two attached hydrogens (primary N) is 2. The number of para-hydroxylation sites is 1. The summed E-state index contributed by atoms with van der Waals surface area (Å²) in [7, 11) is 0. The van der Waals surface area contributed by atoms with Crippen LogP contribution in [-0.2, 0) is 44.8 Å². The Morgan fingerprint density at radius 1 is 0.732 bits per heavy atom. The lowest BCUT2D eigenvalue weighted by molar-refractivity contribution is -0.142. The van der Waals surface area contributed by atoms with Gasteiger partial charge in [0.05, 0.1) is 25.2 Å². The predicted octanol–water partition coefficient (Wildman–Crippen LogP) is -3.81. The fraction of sp³-hybridized carbons (Fsp3) is 0.529. The van der Waals surface area contributed by atoms with Crippen LogP contribution in [0, 0.1) is 5.92 Å². The lowest BCUT2D eigenvalue weighted by atomic mass is 10.0. The molecular formula is C34H51N9O11S2. The van der Waals surface area contributed by atoms with E-state index in [0.717, 1.165) is 17.8 Å². The van der Waals surface area contributed by atoms with E-state index in [-0.39, 0.29) is 30.3 Å². The first-order chi connectivity index (χ1) is 26.3. The average molecular weight is 826 g/mol. The average Bonchev–Trinajstić information content (AvgIpc) is 3.54. The number of carbonyl (C=O) groups excluding carboxylic acids is 7. The summed E-state index contributed by atoms with van der Waals surface area (Å²) in [6.07, 6.45) is -1.08. The predicted molar refractivity (Wildman–Crippen MR) is 209 cm³/mol. The van der Waals surface area contributed by atoms with Crippen molar-refractivity contribution in [3.8, 4) is 0 Å². The molecule has 0 aliphatic heterocycles. The smallest absolute Gasteiger partial charge is 0.305 e. The third-order valence-electron chi connectivity index (χ3n) is 8.34. The molecule has 0 spiro atoms. The number of carboxylic acids is 1. The van der Waals surface area contributed by atoms with Gasteiger partial charge in [-0.15, -0.1) is 0 Å². The molecular weight excluding hydrogens is 775 g/mol. The van der Waals surface area contributed by atoms with Crippen molar-refractivity contribution < 1.29 is 53.7 Å². The molecule has 0 bridgehead atoms. The molecule has 2 rings (SSSR count). The minimum Gasteiger partial charge on any atom is -0.481 e. The fourth-order valence-electron chi connectivity index (χ4n) is 5.32. The monoisotopic (exact) mass is 825 g/mol. The molecule has 310 valence electrons. The summed E-state index contributed by atoms with van der Waals surface area (Å²) < 4.78 is 0. The number of aromatic amines is 1. The molecule has 1 heterocycles. The second-order valence-corrected chi connectivity index (χ2v) is 14.1. The topological polar surface area (TPSA) is 337 Å². The van der Waals surface area contributed by atoms with Crippen molar-refractivity contribution in [3.05, 3.63) is 36.0 Å². The van der Waals surface area contributed by atoms with E-state index in [9.17, 15) is 53.7 Å². The van der Waals surface area contributed by atoms with Crippen LogP contribution >= 0.6 is 25.3 Å². The van der Waals surface area contributed by atoms with Gasteiger partial charge in [0.2, 0.25) is 41.4 Å². The van der Waals surface area contributed by atoms with Crippen LogP contribution in [0.25, 0.3) is 10.9 Å². The molecule has 1 aromatic heterocycles. The largest absolute Gasteiger partial charge is 0.481 e. The van der Waals surface area contributed by atoms with Crippen LogP contribution < -0.4 is 43.4 Å². The number of benzene rings is 1. The maximum Gasteiger partial charge on any atom is 0.305 e. The Labute approximate surface area is 333 Å². The van der Waals surface area contributed by atoms with Gasteiger partial charge in [0.25, 0.3) is 0 Å². The molecule has 14 N–H and O–H groups in total. The van der Waals surface area contributed by atoms with E-state index in [4.69, 9.17) is 11.5 Å². The summed E-state index contributed by atoms with van der Waals surface area (Å²) in [6.45, 7) is 3.57.